The Morgan fingerprint density at radius 3 is 3.00 bits per heavy atom. The molecule has 1 heterocycles. The fraction of sp³-hybridized carbons (Fsp3) is 0.786. The molecule has 0 unspecified atom stereocenters. The minimum atomic E-state index is -0.454. The van der Waals surface area contributed by atoms with Crippen LogP contribution in [0.25, 0.3) is 0 Å². The Morgan fingerprint density at radius 2 is 2.24 bits per heavy atom. The van der Waals surface area contributed by atoms with Crippen molar-refractivity contribution in [3.8, 4) is 0 Å². The topological polar surface area (TPSA) is 46.5 Å². The second-order valence-electron chi connectivity index (χ2n) is 6.15. The van der Waals surface area contributed by atoms with E-state index in [0.717, 1.165) is 24.8 Å². The van der Waals surface area contributed by atoms with Gasteiger partial charge in [0.1, 0.15) is 6.61 Å². The van der Waals surface area contributed by atoms with Crippen molar-refractivity contribution in [1.82, 2.24) is 0 Å². The summed E-state index contributed by atoms with van der Waals surface area (Å²) in [6, 6.07) is 0. The number of esters is 1. The first-order chi connectivity index (χ1) is 8.03. The van der Waals surface area contributed by atoms with Crippen molar-refractivity contribution in [1.29, 1.82) is 0 Å². The molecule has 5 atom stereocenters. The van der Waals surface area contributed by atoms with Gasteiger partial charge in [-0.3, -0.25) is 4.79 Å². The number of carbonyl (C=O) groups excluding carboxylic acids is 1. The van der Waals surface area contributed by atoms with Gasteiger partial charge < -0.3 is 9.84 Å². The SMILES string of the molecule is C[C@H]1CC[C@H]2[C@H](C1)[C@@H](O)C=C1COC(=O)[C@@]12C. The van der Waals surface area contributed by atoms with Crippen LogP contribution in [-0.2, 0) is 9.53 Å². The van der Waals surface area contributed by atoms with Gasteiger partial charge in [0.25, 0.3) is 0 Å². The van der Waals surface area contributed by atoms with E-state index in [1.807, 2.05) is 13.0 Å². The second-order valence-corrected chi connectivity index (χ2v) is 6.15. The molecule has 1 saturated heterocycles. The number of carbonyl (C=O) groups is 1. The molecule has 2 aliphatic carbocycles. The normalized spacial score (nSPS) is 49.1. The Morgan fingerprint density at radius 1 is 1.47 bits per heavy atom. The molecule has 0 amide bonds. The summed E-state index contributed by atoms with van der Waals surface area (Å²) in [5, 5.41) is 10.2. The van der Waals surface area contributed by atoms with Gasteiger partial charge in [0.2, 0.25) is 0 Å². The van der Waals surface area contributed by atoms with E-state index in [2.05, 4.69) is 6.92 Å². The zero-order valence-corrected chi connectivity index (χ0v) is 10.5. The molecular weight excluding hydrogens is 216 g/mol. The van der Waals surface area contributed by atoms with Crippen LogP contribution in [0.2, 0.25) is 0 Å². The Hall–Kier alpha value is -0.830. The fourth-order valence-corrected chi connectivity index (χ4v) is 4.03. The molecule has 0 aromatic rings. The number of ether oxygens (including phenoxy) is 1. The highest BCUT2D eigenvalue weighted by molar-refractivity contribution is 5.84. The zero-order chi connectivity index (χ0) is 12.2. The van der Waals surface area contributed by atoms with Gasteiger partial charge in [0.05, 0.1) is 11.5 Å². The third-order valence-electron chi connectivity index (χ3n) is 5.16. The van der Waals surface area contributed by atoms with Crippen LogP contribution in [0.1, 0.15) is 33.1 Å². The molecule has 17 heavy (non-hydrogen) atoms. The summed E-state index contributed by atoms with van der Waals surface area (Å²) in [6.45, 7) is 4.62. The van der Waals surface area contributed by atoms with Crippen molar-refractivity contribution in [3.63, 3.8) is 0 Å². The van der Waals surface area contributed by atoms with Crippen LogP contribution in [0, 0.1) is 23.2 Å². The highest BCUT2D eigenvalue weighted by Crippen LogP contribution is 2.54. The van der Waals surface area contributed by atoms with Gasteiger partial charge in [-0.05, 0) is 43.1 Å². The average Bonchev–Trinajstić information content (AvgIpc) is 2.58. The lowest BCUT2D eigenvalue weighted by Gasteiger charge is -2.47. The number of rotatable bonds is 0. The first kappa shape index (κ1) is 11.3. The van der Waals surface area contributed by atoms with Gasteiger partial charge in [-0.2, -0.15) is 0 Å². The van der Waals surface area contributed by atoms with Crippen LogP contribution in [0.4, 0.5) is 0 Å². The highest BCUT2D eigenvalue weighted by atomic mass is 16.5. The summed E-state index contributed by atoms with van der Waals surface area (Å²) < 4.78 is 5.21. The molecule has 0 bridgehead atoms. The predicted molar refractivity (Wildman–Crippen MR) is 63.2 cm³/mol. The maximum absolute atomic E-state index is 12.0. The molecule has 1 aliphatic heterocycles. The van der Waals surface area contributed by atoms with Gasteiger partial charge >= 0.3 is 5.97 Å². The number of hydrogen-bond donors (Lipinski definition) is 1. The molecule has 0 aromatic carbocycles. The van der Waals surface area contributed by atoms with Crippen LogP contribution in [0.15, 0.2) is 11.6 Å². The van der Waals surface area contributed by atoms with E-state index >= 15 is 0 Å². The van der Waals surface area contributed by atoms with E-state index in [1.165, 1.54) is 0 Å². The Balaban J connectivity index is 2.02. The molecule has 1 saturated carbocycles. The lowest BCUT2D eigenvalue weighted by molar-refractivity contribution is -0.150. The summed E-state index contributed by atoms with van der Waals surface area (Å²) in [4.78, 5) is 12.0. The summed E-state index contributed by atoms with van der Waals surface area (Å²) in [5.74, 6) is 1.07. The minimum Gasteiger partial charge on any atom is -0.460 e. The minimum absolute atomic E-state index is 0.0831. The monoisotopic (exact) mass is 236 g/mol. The average molecular weight is 236 g/mol. The van der Waals surface area contributed by atoms with E-state index in [0.29, 0.717) is 12.5 Å². The van der Waals surface area contributed by atoms with Gasteiger partial charge in [-0.25, -0.2) is 0 Å². The molecule has 3 rings (SSSR count). The lowest BCUT2D eigenvalue weighted by atomic mass is 9.56. The molecule has 0 spiro atoms. The predicted octanol–water partition coefficient (Wildman–Crippen LogP) is 1.90. The van der Waals surface area contributed by atoms with E-state index in [1.54, 1.807) is 0 Å². The largest absolute Gasteiger partial charge is 0.460 e. The number of aliphatic hydroxyl groups is 1. The van der Waals surface area contributed by atoms with E-state index < -0.39 is 5.41 Å². The third-order valence-corrected chi connectivity index (χ3v) is 5.16. The van der Waals surface area contributed by atoms with E-state index in [4.69, 9.17) is 4.74 Å². The van der Waals surface area contributed by atoms with Crippen LogP contribution in [-0.4, -0.2) is 23.8 Å². The van der Waals surface area contributed by atoms with E-state index in [-0.39, 0.29) is 23.9 Å². The maximum Gasteiger partial charge on any atom is 0.316 e. The van der Waals surface area contributed by atoms with Crippen LogP contribution in [0.5, 0.6) is 0 Å². The summed E-state index contributed by atoms with van der Waals surface area (Å²) in [7, 11) is 0. The van der Waals surface area contributed by atoms with Crippen LogP contribution >= 0.6 is 0 Å². The second kappa shape index (κ2) is 3.58. The Kier molecular flexibility index (Phi) is 2.37. The van der Waals surface area contributed by atoms with Crippen molar-refractivity contribution < 1.29 is 14.6 Å². The first-order valence-electron chi connectivity index (χ1n) is 6.60. The quantitative estimate of drug-likeness (QED) is 0.516. The van der Waals surface area contributed by atoms with Gasteiger partial charge in [0.15, 0.2) is 0 Å². The Bertz CT molecular complexity index is 387. The zero-order valence-electron chi connectivity index (χ0n) is 10.5. The highest BCUT2D eigenvalue weighted by Gasteiger charge is 2.57. The molecule has 2 fully saturated rings. The number of fused-ring (bicyclic) bond motifs is 3. The molecule has 3 aliphatic rings. The lowest BCUT2D eigenvalue weighted by Crippen LogP contribution is -2.48. The molecule has 0 radical (unpaired) electrons. The standard InChI is InChI=1S/C14H20O3/c1-8-3-4-11-10(5-8)12(15)6-9-7-17-13(16)14(9,11)2/h6,8,10-12,15H,3-5,7H2,1-2H3/t8-,10-,11-,12-,14-/m0/s1. The van der Waals surface area contributed by atoms with Crippen molar-refractivity contribution >= 4 is 5.97 Å². The maximum atomic E-state index is 12.0. The van der Waals surface area contributed by atoms with Crippen molar-refractivity contribution in [3.05, 3.63) is 11.6 Å². The van der Waals surface area contributed by atoms with Crippen molar-refractivity contribution in [2.45, 2.75) is 39.2 Å². The molecule has 0 aromatic heterocycles. The number of cyclic esters (lactones) is 1. The smallest absolute Gasteiger partial charge is 0.316 e. The Labute approximate surface area is 102 Å². The summed E-state index contributed by atoms with van der Waals surface area (Å²) >= 11 is 0. The summed E-state index contributed by atoms with van der Waals surface area (Å²) in [6.07, 6.45) is 4.71. The molecule has 3 heteroatoms. The van der Waals surface area contributed by atoms with Crippen molar-refractivity contribution in [2.75, 3.05) is 6.61 Å². The summed E-state index contributed by atoms with van der Waals surface area (Å²) in [5.41, 5.74) is 0.551. The molecular formula is C14H20O3. The first-order valence-corrected chi connectivity index (χ1v) is 6.60. The fourth-order valence-electron chi connectivity index (χ4n) is 4.03. The molecule has 94 valence electrons. The van der Waals surface area contributed by atoms with Crippen LogP contribution < -0.4 is 0 Å². The van der Waals surface area contributed by atoms with Gasteiger partial charge in [0, 0.05) is 0 Å². The van der Waals surface area contributed by atoms with Gasteiger partial charge in [-0.1, -0.05) is 19.4 Å². The molecule has 3 nitrogen and oxygen atoms in total. The third kappa shape index (κ3) is 1.41. The van der Waals surface area contributed by atoms with Crippen molar-refractivity contribution in [2.24, 2.45) is 23.2 Å². The van der Waals surface area contributed by atoms with Crippen LogP contribution in [0.3, 0.4) is 0 Å². The number of hydrogen-bond acceptors (Lipinski definition) is 3. The number of aliphatic hydroxyl groups excluding tert-OH is 1. The van der Waals surface area contributed by atoms with Gasteiger partial charge in [-0.15, -0.1) is 0 Å². The molecule has 1 N–H and O–H groups in total. The van der Waals surface area contributed by atoms with E-state index in [9.17, 15) is 9.90 Å².